The predicted molar refractivity (Wildman–Crippen MR) is 68.8 cm³/mol. The number of hydrogen-bond donors (Lipinski definition) is 0. The Balaban J connectivity index is 0.000000531. The minimum Gasteiger partial charge on any atom is -0.0839 e. The van der Waals surface area contributed by atoms with Gasteiger partial charge in [-0.25, -0.2) is 0 Å². The van der Waals surface area contributed by atoms with Crippen LogP contribution in [0.4, 0.5) is 0 Å². The van der Waals surface area contributed by atoms with E-state index in [0.717, 1.165) is 0 Å². The van der Waals surface area contributed by atoms with E-state index >= 15 is 0 Å². The van der Waals surface area contributed by atoms with Crippen LogP contribution in [0.1, 0.15) is 38.7 Å². The highest BCUT2D eigenvalue weighted by Crippen LogP contribution is 2.20. The van der Waals surface area contributed by atoms with E-state index in [9.17, 15) is 0 Å². The van der Waals surface area contributed by atoms with Crippen LogP contribution in [0.25, 0.3) is 5.57 Å². The standard InChI is InChI=1S/C13H14.C2H6/c1-2-5-9-12(8-4-1)13-10-6-3-7-11-13;1-2/h3-4,6-11H,1-2,5H2;1-2H3. The van der Waals surface area contributed by atoms with Crippen molar-refractivity contribution >= 4 is 5.57 Å². The fourth-order valence-corrected chi connectivity index (χ4v) is 1.62. The van der Waals surface area contributed by atoms with Crippen LogP contribution in [-0.4, -0.2) is 0 Å². The molecule has 80 valence electrons. The maximum Gasteiger partial charge on any atom is -0.0187 e. The fraction of sp³-hybridized carbons (Fsp3) is 0.333. The van der Waals surface area contributed by atoms with E-state index in [1.54, 1.807) is 0 Å². The van der Waals surface area contributed by atoms with Gasteiger partial charge in [-0.15, -0.1) is 0 Å². The molecule has 0 heteroatoms. The van der Waals surface area contributed by atoms with E-state index < -0.39 is 0 Å². The number of rotatable bonds is 1. The van der Waals surface area contributed by atoms with E-state index in [1.165, 1.54) is 30.4 Å². The molecule has 0 unspecified atom stereocenters. The molecule has 15 heavy (non-hydrogen) atoms. The summed E-state index contributed by atoms with van der Waals surface area (Å²) in [4.78, 5) is 0. The van der Waals surface area contributed by atoms with Crippen LogP contribution in [0.2, 0.25) is 0 Å². The van der Waals surface area contributed by atoms with Crippen LogP contribution in [0.3, 0.4) is 0 Å². The Morgan fingerprint density at radius 2 is 1.67 bits per heavy atom. The lowest BCUT2D eigenvalue weighted by Gasteiger charge is -2.00. The first-order chi connectivity index (χ1) is 7.47. The van der Waals surface area contributed by atoms with Crippen molar-refractivity contribution in [2.75, 3.05) is 0 Å². The monoisotopic (exact) mass is 200 g/mol. The Labute approximate surface area is 93.3 Å². The SMILES string of the molecule is C1=CC(c2ccccc2)=CCCC1.CC. The topological polar surface area (TPSA) is 0 Å². The molecule has 0 saturated carbocycles. The Bertz CT molecular complexity index is 317. The predicted octanol–water partition coefficient (Wildman–Crippen LogP) is 4.84. The summed E-state index contributed by atoms with van der Waals surface area (Å²) in [7, 11) is 0. The lowest BCUT2D eigenvalue weighted by Crippen LogP contribution is -1.78. The van der Waals surface area contributed by atoms with Gasteiger partial charge in [0.05, 0.1) is 0 Å². The second-order valence-electron chi connectivity index (χ2n) is 3.36. The summed E-state index contributed by atoms with van der Waals surface area (Å²) in [6.07, 6.45) is 10.5. The van der Waals surface area contributed by atoms with Crippen molar-refractivity contribution in [2.45, 2.75) is 33.1 Å². The molecule has 0 atom stereocenters. The highest BCUT2D eigenvalue weighted by molar-refractivity contribution is 5.74. The van der Waals surface area contributed by atoms with E-state index in [2.05, 4.69) is 48.6 Å². The molecule has 0 spiro atoms. The van der Waals surface area contributed by atoms with Gasteiger partial charge in [0.2, 0.25) is 0 Å². The second kappa shape index (κ2) is 7.05. The highest BCUT2D eigenvalue weighted by Gasteiger charge is 1.98. The summed E-state index contributed by atoms with van der Waals surface area (Å²) in [6.45, 7) is 4.00. The van der Waals surface area contributed by atoms with Crippen LogP contribution in [0, 0.1) is 0 Å². The van der Waals surface area contributed by atoms with Gasteiger partial charge in [0.1, 0.15) is 0 Å². The van der Waals surface area contributed by atoms with Gasteiger partial charge in [-0.05, 0) is 30.4 Å². The second-order valence-corrected chi connectivity index (χ2v) is 3.36. The summed E-state index contributed by atoms with van der Waals surface area (Å²) in [5.41, 5.74) is 2.71. The average Bonchev–Trinajstić information content (AvgIpc) is 2.61. The van der Waals surface area contributed by atoms with Gasteiger partial charge in [-0.3, -0.25) is 0 Å². The Morgan fingerprint density at radius 3 is 2.40 bits per heavy atom. The molecule has 0 amide bonds. The molecule has 0 fully saturated rings. The highest BCUT2D eigenvalue weighted by atomic mass is 14.0. The molecule has 0 saturated heterocycles. The molecule has 0 aliphatic heterocycles. The van der Waals surface area contributed by atoms with E-state index in [4.69, 9.17) is 0 Å². The van der Waals surface area contributed by atoms with E-state index in [0.29, 0.717) is 0 Å². The maximum absolute atomic E-state index is 2.33. The third-order valence-electron chi connectivity index (χ3n) is 2.34. The van der Waals surface area contributed by atoms with Crippen molar-refractivity contribution in [1.29, 1.82) is 0 Å². The molecule has 0 bridgehead atoms. The largest absolute Gasteiger partial charge is 0.0839 e. The third-order valence-corrected chi connectivity index (χ3v) is 2.34. The maximum atomic E-state index is 2.33. The van der Waals surface area contributed by atoms with Gasteiger partial charge < -0.3 is 0 Å². The number of benzene rings is 1. The molecule has 0 nitrogen and oxygen atoms in total. The molecular weight excluding hydrogens is 180 g/mol. The first kappa shape index (κ1) is 11.8. The van der Waals surface area contributed by atoms with Crippen molar-refractivity contribution in [2.24, 2.45) is 0 Å². The smallest absolute Gasteiger partial charge is 0.0187 e. The van der Waals surface area contributed by atoms with Gasteiger partial charge in [0.25, 0.3) is 0 Å². The summed E-state index contributed by atoms with van der Waals surface area (Å²) < 4.78 is 0. The third kappa shape index (κ3) is 3.75. The van der Waals surface area contributed by atoms with Gasteiger partial charge in [0, 0.05) is 0 Å². The minimum atomic E-state index is 1.21. The number of allylic oxidation sites excluding steroid dienone is 4. The van der Waals surface area contributed by atoms with Crippen LogP contribution >= 0.6 is 0 Å². The summed E-state index contributed by atoms with van der Waals surface area (Å²) in [6, 6.07) is 10.6. The molecule has 1 aromatic carbocycles. The van der Waals surface area contributed by atoms with Crippen molar-refractivity contribution in [3.8, 4) is 0 Å². The quantitative estimate of drug-likeness (QED) is 0.608. The molecular formula is C15H20. The van der Waals surface area contributed by atoms with E-state index in [-0.39, 0.29) is 0 Å². The van der Waals surface area contributed by atoms with Crippen LogP contribution in [0.5, 0.6) is 0 Å². The first-order valence-electron chi connectivity index (χ1n) is 5.89. The average molecular weight is 200 g/mol. The fourth-order valence-electron chi connectivity index (χ4n) is 1.62. The molecule has 2 rings (SSSR count). The van der Waals surface area contributed by atoms with E-state index in [1.807, 2.05) is 13.8 Å². The van der Waals surface area contributed by atoms with Gasteiger partial charge in [0.15, 0.2) is 0 Å². The lowest BCUT2D eigenvalue weighted by molar-refractivity contribution is 0.876. The Kier molecular flexibility index (Phi) is 5.54. The zero-order valence-corrected chi connectivity index (χ0v) is 9.74. The van der Waals surface area contributed by atoms with Gasteiger partial charge in [-0.1, -0.05) is 62.4 Å². The van der Waals surface area contributed by atoms with Crippen LogP contribution < -0.4 is 0 Å². The zero-order chi connectivity index (χ0) is 10.9. The Morgan fingerprint density at radius 1 is 0.933 bits per heavy atom. The molecule has 1 aromatic rings. The minimum absolute atomic E-state index is 1.21. The molecule has 1 aliphatic rings. The molecule has 1 aliphatic carbocycles. The summed E-state index contributed by atoms with van der Waals surface area (Å²) >= 11 is 0. The van der Waals surface area contributed by atoms with Crippen molar-refractivity contribution < 1.29 is 0 Å². The molecule has 0 heterocycles. The molecule has 0 aromatic heterocycles. The van der Waals surface area contributed by atoms with Crippen molar-refractivity contribution in [3.05, 3.63) is 54.1 Å². The van der Waals surface area contributed by atoms with Gasteiger partial charge in [-0.2, -0.15) is 0 Å². The summed E-state index contributed by atoms with van der Waals surface area (Å²) in [5, 5.41) is 0. The van der Waals surface area contributed by atoms with Crippen LogP contribution in [-0.2, 0) is 0 Å². The van der Waals surface area contributed by atoms with Crippen molar-refractivity contribution in [1.82, 2.24) is 0 Å². The summed E-state index contributed by atoms with van der Waals surface area (Å²) in [5.74, 6) is 0. The normalized spacial score (nSPS) is 14.7. The van der Waals surface area contributed by atoms with Gasteiger partial charge >= 0.3 is 0 Å². The number of hydrogen-bond acceptors (Lipinski definition) is 0. The Hall–Kier alpha value is -1.30. The first-order valence-corrected chi connectivity index (χ1v) is 5.89. The van der Waals surface area contributed by atoms with Crippen molar-refractivity contribution in [3.63, 3.8) is 0 Å². The zero-order valence-electron chi connectivity index (χ0n) is 9.74. The molecule has 0 N–H and O–H groups in total. The van der Waals surface area contributed by atoms with Crippen LogP contribution in [0.15, 0.2) is 48.6 Å². The molecule has 0 radical (unpaired) electrons. The lowest BCUT2D eigenvalue weighted by atomic mass is 10.1.